The van der Waals surface area contributed by atoms with Crippen molar-refractivity contribution < 1.29 is 4.39 Å². The molecule has 0 aromatic heterocycles. The van der Waals surface area contributed by atoms with E-state index in [2.05, 4.69) is 52.4 Å². The van der Waals surface area contributed by atoms with Gasteiger partial charge in [-0.15, -0.1) is 0 Å². The highest BCUT2D eigenvalue weighted by atomic mass is 79.9. The highest BCUT2D eigenvalue weighted by molar-refractivity contribution is 9.10. The first-order chi connectivity index (χ1) is 10.1. The van der Waals surface area contributed by atoms with Crippen LogP contribution < -0.4 is 5.32 Å². The number of nitrogens with one attached hydrogen (secondary N) is 1. The van der Waals surface area contributed by atoms with E-state index in [0.717, 1.165) is 10.0 Å². The SMILES string of the molecule is C[C@@H](NC1CC(c2cccc(Br)c2)C1)c1ccc(F)cc1. The van der Waals surface area contributed by atoms with Crippen LogP contribution in [0.3, 0.4) is 0 Å². The largest absolute Gasteiger partial charge is 0.307 e. The molecule has 0 amide bonds. The van der Waals surface area contributed by atoms with Crippen LogP contribution in [0.15, 0.2) is 53.0 Å². The maximum Gasteiger partial charge on any atom is 0.123 e. The van der Waals surface area contributed by atoms with Gasteiger partial charge in [0.15, 0.2) is 0 Å². The fourth-order valence-corrected chi connectivity index (χ4v) is 3.40. The Balaban J connectivity index is 1.54. The molecule has 2 aromatic rings. The van der Waals surface area contributed by atoms with Gasteiger partial charge in [0.1, 0.15) is 5.82 Å². The molecule has 1 nitrogen and oxygen atoms in total. The van der Waals surface area contributed by atoms with E-state index in [1.807, 2.05) is 12.1 Å². The van der Waals surface area contributed by atoms with E-state index in [-0.39, 0.29) is 11.9 Å². The molecule has 0 aliphatic heterocycles. The molecule has 0 unspecified atom stereocenters. The Morgan fingerprint density at radius 2 is 1.86 bits per heavy atom. The van der Waals surface area contributed by atoms with E-state index in [9.17, 15) is 4.39 Å². The minimum Gasteiger partial charge on any atom is -0.307 e. The van der Waals surface area contributed by atoms with Gasteiger partial charge in [-0.3, -0.25) is 0 Å². The van der Waals surface area contributed by atoms with Gasteiger partial charge in [0.25, 0.3) is 0 Å². The number of rotatable bonds is 4. The van der Waals surface area contributed by atoms with Crippen molar-refractivity contribution in [2.75, 3.05) is 0 Å². The third-order valence-electron chi connectivity index (χ3n) is 4.31. The smallest absolute Gasteiger partial charge is 0.123 e. The van der Waals surface area contributed by atoms with E-state index < -0.39 is 0 Å². The first kappa shape index (κ1) is 14.7. The summed E-state index contributed by atoms with van der Waals surface area (Å²) < 4.78 is 14.1. The topological polar surface area (TPSA) is 12.0 Å². The lowest BCUT2D eigenvalue weighted by molar-refractivity contribution is 0.271. The quantitative estimate of drug-likeness (QED) is 0.802. The Morgan fingerprint density at radius 1 is 1.14 bits per heavy atom. The van der Waals surface area contributed by atoms with Crippen molar-refractivity contribution in [3.63, 3.8) is 0 Å². The Labute approximate surface area is 133 Å². The zero-order valence-electron chi connectivity index (χ0n) is 12.0. The molecule has 1 atom stereocenters. The maximum atomic E-state index is 12.9. The van der Waals surface area contributed by atoms with Crippen molar-refractivity contribution in [2.24, 2.45) is 0 Å². The fraction of sp³-hybridized carbons (Fsp3) is 0.333. The lowest BCUT2D eigenvalue weighted by Gasteiger charge is -2.38. The van der Waals surface area contributed by atoms with Crippen LogP contribution in [0, 0.1) is 5.82 Å². The molecule has 0 spiro atoms. The summed E-state index contributed by atoms with van der Waals surface area (Å²) in [5.41, 5.74) is 2.55. The number of hydrogen-bond acceptors (Lipinski definition) is 1. The molecule has 2 aromatic carbocycles. The van der Waals surface area contributed by atoms with Crippen LogP contribution in [0.4, 0.5) is 4.39 Å². The summed E-state index contributed by atoms with van der Waals surface area (Å²) in [5, 5.41) is 3.63. The molecule has 1 N–H and O–H groups in total. The van der Waals surface area contributed by atoms with E-state index in [0.29, 0.717) is 12.0 Å². The van der Waals surface area contributed by atoms with Crippen LogP contribution in [0.5, 0.6) is 0 Å². The predicted molar refractivity (Wildman–Crippen MR) is 87.9 cm³/mol. The van der Waals surface area contributed by atoms with Crippen molar-refractivity contribution in [3.05, 3.63) is 69.9 Å². The van der Waals surface area contributed by atoms with Gasteiger partial charge in [-0.25, -0.2) is 4.39 Å². The van der Waals surface area contributed by atoms with Gasteiger partial charge in [0, 0.05) is 16.6 Å². The van der Waals surface area contributed by atoms with Crippen LogP contribution in [0.2, 0.25) is 0 Å². The molecule has 21 heavy (non-hydrogen) atoms. The van der Waals surface area contributed by atoms with Crippen LogP contribution in [0.1, 0.15) is 42.9 Å². The molecule has 1 aliphatic carbocycles. The van der Waals surface area contributed by atoms with Crippen LogP contribution in [0.25, 0.3) is 0 Å². The third kappa shape index (κ3) is 3.53. The van der Waals surface area contributed by atoms with Gasteiger partial charge < -0.3 is 5.32 Å². The van der Waals surface area contributed by atoms with E-state index in [4.69, 9.17) is 0 Å². The first-order valence-electron chi connectivity index (χ1n) is 7.39. The van der Waals surface area contributed by atoms with Crippen molar-refractivity contribution in [2.45, 2.75) is 37.8 Å². The molecule has 3 heteroatoms. The molecule has 3 rings (SSSR count). The molecular formula is C18H19BrFN. The van der Waals surface area contributed by atoms with Crippen molar-refractivity contribution >= 4 is 15.9 Å². The molecule has 110 valence electrons. The molecule has 1 aliphatic rings. The second-order valence-electron chi connectivity index (χ2n) is 5.86. The standard InChI is InChI=1S/C18H19BrFN/c1-12(13-5-7-17(20)8-6-13)21-18-10-15(11-18)14-3-2-4-16(19)9-14/h2-9,12,15,18,21H,10-11H2,1H3/t12-,15?,18?/m1/s1. The second-order valence-corrected chi connectivity index (χ2v) is 6.78. The van der Waals surface area contributed by atoms with Crippen LogP contribution >= 0.6 is 15.9 Å². The number of hydrogen-bond donors (Lipinski definition) is 1. The molecule has 0 heterocycles. The van der Waals surface area contributed by atoms with Gasteiger partial charge in [-0.2, -0.15) is 0 Å². The summed E-state index contributed by atoms with van der Waals surface area (Å²) in [6.45, 7) is 2.14. The molecule has 0 bridgehead atoms. The van der Waals surface area contributed by atoms with Gasteiger partial charge in [0.05, 0.1) is 0 Å². The summed E-state index contributed by atoms with van der Waals surface area (Å²) in [7, 11) is 0. The summed E-state index contributed by atoms with van der Waals surface area (Å²) in [5.74, 6) is 0.477. The molecule has 0 radical (unpaired) electrons. The Morgan fingerprint density at radius 3 is 2.52 bits per heavy atom. The fourth-order valence-electron chi connectivity index (χ4n) is 2.99. The minimum atomic E-state index is -0.177. The van der Waals surface area contributed by atoms with Gasteiger partial charge in [-0.05, 0) is 61.1 Å². The summed E-state index contributed by atoms with van der Waals surface area (Å²) in [6, 6.07) is 16.2. The zero-order chi connectivity index (χ0) is 14.8. The molecule has 0 saturated heterocycles. The predicted octanol–water partition coefficient (Wildman–Crippen LogP) is 5.19. The normalized spacial score (nSPS) is 22.6. The summed E-state index contributed by atoms with van der Waals surface area (Å²) >= 11 is 3.53. The second kappa shape index (κ2) is 6.29. The van der Waals surface area contributed by atoms with Crippen molar-refractivity contribution in [3.8, 4) is 0 Å². The molecular weight excluding hydrogens is 329 g/mol. The first-order valence-corrected chi connectivity index (χ1v) is 8.18. The minimum absolute atomic E-state index is 0.177. The van der Waals surface area contributed by atoms with E-state index in [1.54, 1.807) is 0 Å². The Hall–Kier alpha value is -1.19. The van der Waals surface area contributed by atoms with E-state index >= 15 is 0 Å². The monoisotopic (exact) mass is 347 g/mol. The van der Waals surface area contributed by atoms with Crippen molar-refractivity contribution in [1.29, 1.82) is 0 Å². The third-order valence-corrected chi connectivity index (χ3v) is 4.81. The van der Waals surface area contributed by atoms with E-state index in [1.165, 1.54) is 30.5 Å². The molecule has 1 saturated carbocycles. The van der Waals surface area contributed by atoms with Crippen LogP contribution in [-0.2, 0) is 0 Å². The highest BCUT2D eigenvalue weighted by Crippen LogP contribution is 2.38. The average molecular weight is 348 g/mol. The lowest BCUT2D eigenvalue weighted by Crippen LogP contribution is -2.41. The number of benzene rings is 2. The summed E-state index contributed by atoms with van der Waals surface area (Å²) in [4.78, 5) is 0. The Bertz CT molecular complexity index is 605. The van der Waals surface area contributed by atoms with Gasteiger partial charge in [-0.1, -0.05) is 40.2 Å². The zero-order valence-corrected chi connectivity index (χ0v) is 13.6. The van der Waals surface area contributed by atoms with Crippen molar-refractivity contribution in [1.82, 2.24) is 5.32 Å². The number of halogens is 2. The van der Waals surface area contributed by atoms with Gasteiger partial charge >= 0.3 is 0 Å². The highest BCUT2D eigenvalue weighted by Gasteiger charge is 2.31. The maximum absolute atomic E-state index is 12.9. The molecule has 1 fully saturated rings. The van der Waals surface area contributed by atoms with Gasteiger partial charge in [0.2, 0.25) is 0 Å². The van der Waals surface area contributed by atoms with Crippen LogP contribution in [-0.4, -0.2) is 6.04 Å². The lowest BCUT2D eigenvalue weighted by atomic mass is 9.75. The Kier molecular flexibility index (Phi) is 4.41. The average Bonchev–Trinajstić information content (AvgIpc) is 2.43. The summed E-state index contributed by atoms with van der Waals surface area (Å²) in [6.07, 6.45) is 2.34.